The van der Waals surface area contributed by atoms with Crippen LogP contribution in [0.2, 0.25) is 0 Å². The maximum Gasteiger partial charge on any atom is 0.166 e. The number of halogens is 3. The highest BCUT2D eigenvalue weighted by molar-refractivity contribution is 5.66. The highest BCUT2D eigenvalue weighted by Crippen LogP contribution is 2.35. The summed E-state index contributed by atoms with van der Waals surface area (Å²) < 4.78 is 60.5. The van der Waals surface area contributed by atoms with Crippen molar-refractivity contribution in [2.75, 3.05) is 19.8 Å². The van der Waals surface area contributed by atoms with Crippen LogP contribution in [0.1, 0.15) is 57.4 Å². The molecule has 0 N–H and O–H groups in total. The summed E-state index contributed by atoms with van der Waals surface area (Å²) in [4.78, 5) is 0. The Labute approximate surface area is 176 Å². The van der Waals surface area contributed by atoms with Crippen molar-refractivity contribution in [1.29, 1.82) is 0 Å². The second kappa shape index (κ2) is 10.8. The summed E-state index contributed by atoms with van der Waals surface area (Å²) in [6.45, 7) is 5.21. The SMILES string of the molecule is CCCCCOc1ccc(-c2ccc(C3CCC(OCC)OC3)c(F)c2F)cc1F. The molecule has 0 aromatic heterocycles. The number of ether oxygens (including phenoxy) is 3. The van der Waals surface area contributed by atoms with Gasteiger partial charge in [-0.15, -0.1) is 0 Å². The Kier molecular flexibility index (Phi) is 8.16. The molecule has 0 bridgehead atoms. The molecule has 0 radical (unpaired) electrons. The van der Waals surface area contributed by atoms with Gasteiger partial charge in [0, 0.05) is 18.1 Å². The first-order chi connectivity index (χ1) is 14.5. The van der Waals surface area contributed by atoms with Crippen molar-refractivity contribution in [3.05, 3.63) is 53.3 Å². The van der Waals surface area contributed by atoms with E-state index in [-0.39, 0.29) is 41.3 Å². The molecule has 30 heavy (non-hydrogen) atoms. The van der Waals surface area contributed by atoms with Gasteiger partial charge >= 0.3 is 0 Å². The zero-order valence-electron chi connectivity index (χ0n) is 17.6. The van der Waals surface area contributed by atoms with E-state index in [1.165, 1.54) is 18.2 Å². The van der Waals surface area contributed by atoms with Crippen LogP contribution in [-0.2, 0) is 9.47 Å². The number of unbranched alkanes of at least 4 members (excludes halogenated alkanes) is 2. The first-order valence-corrected chi connectivity index (χ1v) is 10.7. The van der Waals surface area contributed by atoms with Crippen LogP contribution in [0.4, 0.5) is 13.2 Å². The fourth-order valence-corrected chi connectivity index (χ4v) is 3.71. The molecule has 2 aromatic carbocycles. The standard InChI is InChI=1S/C24H29F3O3/c1-3-5-6-13-29-21-11-7-16(14-20(21)25)18-9-10-19(24(27)23(18)26)17-8-12-22(28-4-2)30-15-17/h7,9-11,14,17,22H,3-6,8,12-13,15H2,1-2H3. The minimum absolute atomic E-state index is 0.0246. The Morgan fingerprint density at radius 3 is 2.50 bits per heavy atom. The second-order valence-corrected chi connectivity index (χ2v) is 7.52. The monoisotopic (exact) mass is 422 g/mol. The molecule has 3 nitrogen and oxygen atoms in total. The molecule has 2 aromatic rings. The number of benzene rings is 2. The van der Waals surface area contributed by atoms with Gasteiger partial charge in [-0.25, -0.2) is 13.2 Å². The zero-order valence-corrected chi connectivity index (χ0v) is 17.6. The summed E-state index contributed by atoms with van der Waals surface area (Å²) >= 11 is 0. The minimum atomic E-state index is -0.976. The van der Waals surface area contributed by atoms with Crippen LogP contribution in [0.3, 0.4) is 0 Å². The largest absolute Gasteiger partial charge is 0.491 e. The van der Waals surface area contributed by atoms with E-state index >= 15 is 0 Å². The molecule has 1 aliphatic rings. The van der Waals surface area contributed by atoms with Crippen molar-refractivity contribution < 1.29 is 27.4 Å². The molecule has 1 aliphatic heterocycles. The van der Waals surface area contributed by atoms with E-state index in [0.29, 0.717) is 26.1 Å². The lowest BCUT2D eigenvalue weighted by Gasteiger charge is -2.29. The third kappa shape index (κ3) is 5.35. The second-order valence-electron chi connectivity index (χ2n) is 7.52. The fourth-order valence-electron chi connectivity index (χ4n) is 3.71. The van der Waals surface area contributed by atoms with Crippen molar-refractivity contribution >= 4 is 0 Å². The lowest BCUT2D eigenvalue weighted by Crippen LogP contribution is -2.27. The fraction of sp³-hybridized carbons (Fsp3) is 0.500. The van der Waals surface area contributed by atoms with Gasteiger partial charge in [-0.2, -0.15) is 0 Å². The lowest BCUT2D eigenvalue weighted by molar-refractivity contribution is -0.164. The molecule has 164 valence electrons. The van der Waals surface area contributed by atoms with E-state index in [1.54, 1.807) is 12.1 Å². The number of hydrogen-bond acceptors (Lipinski definition) is 3. The highest BCUT2D eigenvalue weighted by atomic mass is 19.2. The van der Waals surface area contributed by atoms with E-state index in [1.807, 2.05) is 6.92 Å². The van der Waals surface area contributed by atoms with E-state index < -0.39 is 17.5 Å². The molecule has 0 aliphatic carbocycles. The van der Waals surface area contributed by atoms with E-state index in [2.05, 4.69) is 6.92 Å². The Bertz CT molecular complexity index is 833. The average Bonchev–Trinajstić information content (AvgIpc) is 2.75. The Morgan fingerprint density at radius 1 is 1.00 bits per heavy atom. The van der Waals surface area contributed by atoms with Gasteiger partial charge < -0.3 is 14.2 Å². The van der Waals surface area contributed by atoms with E-state index in [9.17, 15) is 13.2 Å². The molecule has 3 rings (SSSR count). The molecule has 0 saturated carbocycles. The molecule has 0 spiro atoms. The lowest BCUT2D eigenvalue weighted by atomic mass is 9.90. The van der Waals surface area contributed by atoms with Gasteiger partial charge in [-0.1, -0.05) is 38.0 Å². The van der Waals surface area contributed by atoms with E-state index in [0.717, 1.165) is 19.3 Å². The van der Waals surface area contributed by atoms with Crippen molar-refractivity contribution in [3.63, 3.8) is 0 Å². The van der Waals surface area contributed by atoms with Crippen molar-refractivity contribution in [2.45, 2.75) is 58.2 Å². The average molecular weight is 422 g/mol. The summed E-state index contributed by atoms with van der Waals surface area (Å²) in [6, 6.07) is 7.26. The van der Waals surface area contributed by atoms with Gasteiger partial charge in [-0.05, 0) is 49.4 Å². The summed E-state index contributed by atoms with van der Waals surface area (Å²) in [5.41, 5.74) is 0.576. The van der Waals surface area contributed by atoms with Crippen molar-refractivity contribution in [2.24, 2.45) is 0 Å². The Balaban J connectivity index is 1.73. The van der Waals surface area contributed by atoms with Crippen LogP contribution in [0, 0.1) is 17.5 Å². The normalized spacial score (nSPS) is 19.1. The van der Waals surface area contributed by atoms with Crippen LogP contribution < -0.4 is 4.74 Å². The van der Waals surface area contributed by atoms with Gasteiger partial charge in [0.2, 0.25) is 0 Å². The molecule has 1 fully saturated rings. The molecular weight excluding hydrogens is 393 g/mol. The first-order valence-electron chi connectivity index (χ1n) is 10.7. The topological polar surface area (TPSA) is 27.7 Å². The quantitative estimate of drug-likeness (QED) is 0.426. The molecule has 2 unspecified atom stereocenters. The van der Waals surface area contributed by atoms with Gasteiger partial charge in [0.15, 0.2) is 29.5 Å². The molecule has 1 saturated heterocycles. The summed E-state index contributed by atoms with van der Waals surface area (Å²) in [5, 5.41) is 0. The minimum Gasteiger partial charge on any atom is -0.491 e. The maximum atomic E-state index is 14.8. The van der Waals surface area contributed by atoms with Gasteiger partial charge in [0.25, 0.3) is 0 Å². The summed E-state index contributed by atoms with van der Waals surface area (Å²) in [6.07, 6.45) is 3.89. The van der Waals surface area contributed by atoms with Crippen LogP contribution in [0.25, 0.3) is 11.1 Å². The third-order valence-corrected chi connectivity index (χ3v) is 5.39. The molecule has 6 heteroatoms. The van der Waals surface area contributed by atoms with Crippen LogP contribution in [0.5, 0.6) is 5.75 Å². The van der Waals surface area contributed by atoms with E-state index in [4.69, 9.17) is 14.2 Å². The Hall–Kier alpha value is -2.05. The first kappa shape index (κ1) is 22.6. The van der Waals surface area contributed by atoms with Crippen molar-refractivity contribution in [3.8, 4) is 16.9 Å². The summed E-state index contributed by atoms with van der Waals surface area (Å²) in [5.74, 6) is -2.58. The zero-order chi connectivity index (χ0) is 21.5. The van der Waals surface area contributed by atoms with Crippen LogP contribution in [0.15, 0.2) is 30.3 Å². The predicted octanol–water partition coefficient (Wildman–Crippen LogP) is 6.60. The number of hydrogen-bond donors (Lipinski definition) is 0. The molecule has 1 heterocycles. The smallest absolute Gasteiger partial charge is 0.166 e. The highest BCUT2D eigenvalue weighted by Gasteiger charge is 2.27. The van der Waals surface area contributed by atoms with Crippen molar-refractivity contribution in [1.82, 2.24) is 0 Å². The maximum absolute atomic E-state index is 14.8. The third-order valence-electron chi connectivity index (χ3n) is 5.39. The number of rotatable bonds is 9. The van der Waals surface area contributed by atoms with Gasteiger partial charge in [0.1, 0.15) is 0 Å². The van der Waals surface area contributed by atoms with Gasteiger partial charge in [-0.3, -0.25) is 0 Å². The molecule has 2 atom stereocenters. The van der Waals surface area contributed by atoms with Crippen LogP contribution >= 0.6 is 0 Å². The molecule has 0 amide bonds. The predicted molar refractivity (Wildman–Crippen MR) is 110 cm³/mol. The summed E-state index contributed by atoms with van der Waals surface area (Å²) in [7, 11) is 0. The van der Waals surface area contributed by atoms with Gasteiger partial charge in [0.05, 0.1) is 13.2 Å². The van der Waals surface area contributed by atoms with Crippen LogP contribution in [-0.4, -0.2) is 26.1 Å². The Morgan fingerprint density at radius 2 is 1.83 bits per heavy atom. The molecular formula is C24H29F3O3.